The Bertz CT molecular complexity index is 1300. The highest BCUT2D eigenvalue weighted by molar-refractivity contribution is 5.99. The first kappa shape index (κ1) is 34.0. The number of nitrogens with zero attached hydrogens (tertiary/aromatic N) is 2. The Balaban J connectivity index is 1.83. The molecule has 0 aromatic heterocycles. The molecule has 240 valence electrons. The summed E-state index contributed by atoms with van der Waals surface area (Å²) in [6.45, 7) is 7.81. The Kier molecular flexibility index (Phi) is 11.1. The maximum Gasteiger partial charge on any atom is 0.407 e. The number of rotatable bonds is 9. The van der Waals surface area contributed by atoms with Crippen molar-refractivity contribution in [2.75, 3.05) is 20.3 Å². The first-order valence-electron chi connectivity index (χ1n) is 14.4. The molecular weight excluding hydrogens is 576 g/mol. The number of alkyl carbamates (subject to hydrolysis) is 1. The van der Waals surface area contributed by atoms with Crippen molar-refractivity contribution in [3.63, 3.8) is 0 Å². The highest BCUT2D eigenvalue weighted by Crippen LogP contribution is 2.25. The summed E-state index contributed by atoms with van der Waals surface area (Å²) in [6, 6.07) is 1.40. The lowest BCUT2D eigenvalue weighted by molar-refractivity contribution is -0.176. The molecule has 0 bridgehead atoms. The van der Waals surface area contributed by atoms with Crippen molar-refractivity contribution in [3.8, 4) is 0 Å². The van der Waals surface area contributed by atoms with Crippen LogP contribution in [0.4, 0.5) is 4.79 Å². The number of hydrogen-bond acceptors (Lipinski definition) is 10. The molecule has 0 spiro atoms. The van der Waals surface area contributed by atoms with Crippen molar-refractivity contribution in [1.29, 1.82) is 0 Å². The largest absolute Gasteiger partial charge is 0.460 e. The Morgan fingerprint density at radius 3 is 2.32 bits per heavy atom. The fourth-order valence-corrected chi connectivity index (χ4v) is 5.12. The highest BCUT2D eigenvalue weighted by Gasteiger charge is 2.45. The minimum Gasteiger partial charge on any atom is -0.460 e. The van der Waals surface area contributed by atoms with Gasteiger partial charge in [0.25, 0.3) is 5.91 Å². The van der Waals surface area contributed by atoms with Gasteiger partial charge in [0.1, 0.15) is 23.7 Å². The van der Waals surface area contributed by atoms with E-state index < -0.39 is 78.3 Å². The van der Waals surface area contributed by atoms with Crippen LogP contribution in [0, 0.1) is 13.8 Å². The van der Waals surface area contributed by atoms with Crippen molar-refractivity contribution in [2.24, 2.45) is 0 Å². The van der Waals surface area contributed by atoms with Crippen LogP contribution in [0.3, 0.4) is 0 Å². The van der Waals surface area contributed by atoms with Gasteiger partial charge in [0.2, 0.25) is 11.8 Å². The number of ether oxygens (including phenoxy) is 3. The monoisotopic (exact) mass is 616 g/mol. The van der Waals surface area contributed by atoms with Gasteiger partial charge in [-0.3, -0.25) is 29.0 Å². The number of Topliss-reactive ketones (excluding diaryl/α,β-unsaturated/α-hetero) is 1. The molecule has 1 aromatic rings. The van der Waals surface area contributed by atoms with Crippen LogP contribution in [0.1, 0.15) is 74.4 Å². The number of hydrogen-bond donors (Lipinski definition) is 2. The van der Waals surface area contributed by atoms with Crippen LogP contribution < -0.4 is 10.6 Å². The molecule has 4 amide bonds. The normalized spacial score (nSPS) is 19.2. The van der Waals surface area contributed by atoms with Crippen molar-refractivity contribution < 1.29 is 47.8 Å². The molecule has 2 fully saturated rings. The third-order valence-electron chi connectivity index (χ3n) is 7.17. The Morgan fingerprint density at radius 1 is 1.05 bits per heavy atom. The van der Waals surface area contributed by atoms with E-state index in [9.17, 15) is 33.6 Å². The number of methoxy groups -OCH3 is 1. The molecule has 2 N–H and O–H groups in total. The highest BCUT2D eigenvalue weighted by atomic mass is 16.6. The SMILES string of the molecule is COC(=O)NC1CCC(=O)N2CCCC(C(=O)NC(CC(=O)OC(C)(C)C)C(=O)COC(=O)c3c(C)cccc3C)N2C1=O. The number of fused-ring (bicyclic) bond motifs is 1. The van der Waals surface area contributed by atoms with Crippen molar-refractivity contribution in [1.82, 2.24) is 20.7 Å². The molecule has 44 heavy (non-hydrogen) atoms. The first-order valence-corrected chi connectivity index (χ1v) is 14.4. The molecule has 0 radical (unpaired) electrons. The van der Waals surface area contributed by atoms with Crippen LogP contribution in [0.2, 0.25) is 0 Å². The van der Waals surface area contributed by atoms with E-state index in [2.05, 4.69) is 15.4 Å². The molecule has 14 nitrogen and oxygen atoms in total. The Labute approximate surface area is 255 Å². The summed E-state index contributed by atoms with van der Waals surface area (Å²) in [5.74, 6) is -4.22. The fraction of sp³-hybridized carbons (Fsp3) is 0.567. The zero-order valence-corrected chi connectivity index (χ0v) is 25.9. The molecule has 2 aliphatic rings. The van der Waals surface area contributed by atoms with Crippen LogP contribution in [-0.4, -0.2) is 95.5 Å². The number of esters is 2. The number of benzene rings is 1. The molecular formula is C30H40N4O10. The number of nitrogens with one attached hydrogen (secondary N) is 2. The second-order valence-electron chi connectivity index (χ2n) is 11.7. The van der Waals surface area contributed by atoms with Crippen LogP contribution >= 0.6 is 0 Å². The summed E-state index contributed by atoms with van der Waals surface area (Å²) in [7, 11) is 1.13. The molecule has 2 saturated heterocycles. The van der Waals surface area contributed by atoms with Crippen LogP contribution in [0.25, 0.3) is 0 Å². The second-order valence-corrected chi connectivity index (χ2v) is 11.7. The summed E-state index contributed by atoms with van der Waals surface area (Å²) in [5.41, 5.74) is 0.724. The summed E-state index contributed by atoms with van der Waals surface area (Å²) in [4.78, 5) is 90.7. The molecule has 3 unspecified atom stereocenters. The summed E-state index contributed by atoms with van der Waals surface area (Å²) >= 11 is 0. The van der Waals surface area contributed by atoms with Crippen molar-refractivity contribution in [2.45, 2.75) is 90.4 Å². The predicted octanol–water partition coefficient (Wildman–Crippen LogP) is 1.50. The zero-order valence-electron chi connectivity index (χ0n) is 25.9. The number of carbonyl (C=O) groups is 7. The van der Waals surface area contributed by atoms with Crippen LogP contribution in [-0.2, 0) is 38.2 Å². The van der Waals surface area contributed by atoms with Gasteiger partial charge in [-0.1, -0.05) is 18.2 Å². The van der Waals surface area contributed by atoms with E-state index in [0.29, 0.717) is 23.1 Å². The zero-order chi connectivity index (χ0) is 32.8. The van der Waals surface area contributed by atoms with E-state index in [4.69, 9.17) is 9.47 Å². The van der Waals surface area contributed by atoms with E-state index >= 15 is 0 Å². The Hall–Kier alpha value is -4.49. The second kappa shape index (κ2) is 14.3. The van der Waals surface area contributed by atoms with Crippen LogP contribution in [0.5, 0.6) is 0 Å². The van der Waals surface area contributed by atoms with Crippen molar-refractivity contribution in [3.05, 3.63) is 34.9 Å². The molecule has 3 rings (SSSR count). The maximum absolute atomic E-state index is 13.7. The van der Waals surface area contributed by atoms with E-state index in [1.165, 1.54) is 5.01 Å². The average molecular weight is 617 g/mol. The molecule has 3 atom stereocenters. The lowest BCUT2D eigenvalue weighted by Gasteiger charge is -2.43. The van der Waals surface area contributed by atoms with Gasteiger partial charge < -0.3 is 24.8 Å². The number of carbonyl (C=O) groups excluding carboxylic acids is 7. The van der Waals surface area contributed by atoms with E-state index in [1.807, 2.05) is 0 Å². The number of aryl methyl sites for hydroxylation is 2. The van der Waals surface area contributed by atoms with Gasteiger partial charge in [-0.25, -0.2) is 14.6 Å². The smallest absolute Gasteiger partial charge is 0.407 e. The fourth-order valence-electron chi connectivity index (χ4n) is 5.12. The lowest BCUT2D eigenvalue weighted by atomic mass is 10.0. The molecule has 1 aromatic carbocycles. The quantitative estimate of drug-likeness (QED) is 0.305. The predicted molar refractivity (Wildman–Crippen MR) is 154 cm³/mol. The van der Waals surface area contributed by atoms with E-state index in [0.717, 1.165) is 12.1 Å². The summed E-state index contributed by atoms with van der Waals surface area (Å²) in [6.07, 6.45) is -0.989. The first-order chi connectivity index (χ1) is 20.6. The Morgan fingerprint density at radius 2 is 1.70 bits per heavy atom. The third-order valence-corrected chi connectivity index (χ3v) is 7.17. The number of hydrazine groups is 1. The van der Waals surface area contributed by atoms with Crippen LogP contribution in [0.15, 0.2) is 18.2 Å². The average Bonchev–Trinajstić information content (AvgIpc) is 3.06. The topological polar surface area (TPSA) is 178 Å². The van der Waals surface area contributed by atoms with Gasteiger partial charge in [0.15, 0.2) is 12.4 Å². The van der Waals surface area contributed by atoms with E-state index in [-0.39, 0.29) is 25.8 Å². The minimum absolute atomic E-state index is 0.000406. The van der Waals surface area contributed by atoms with Gasteiger partial charge in [-0.2, -0.15) is 0 Å². The maximum atomic E-state index is 13.7. The molecule has 14 heteroatoms. The van der Waals surface area contributed by atoms with Gasteiger partial charge in [0.05, 0.1) is 19.1 Å². The summed E-state index contributed by atoms with van der Waals surface area (Å²) < 4.78 is 15.2. The standard InChI is InChI=1S/C30H40N4O10/c1-17-9-7-10-18(2)25(17)28(40)43-16-22(35)20(15-24(37)44-30(3,4)5)31-26(38)21-11-8-14-33-23(36)13-12-19(27(39)34(21)33)32-29(41)42-6/h7,9-10,19-21H,8,11-16H2,1-6H3,(H,31,38)(H,32,41). The van der Waals surface area contributed by atoms with E-state index in [1.54, 1.807) is 52.8 Å². The minimum atomic E-state index is -1.47. The lowest BCUT2D eigenvalue weighted by Crippen LogP contribution is -2.64. The molecule has 2 heterocycles. The van der Waals surface area contributed by atoms with Gasteiger partial charge in [0, 0.05) is 13.0 Å². The molecule has 0 aliphatic carbocycles. The van der Waals surface area contributed by atoms with Crippen molar-refractivity contribution >= 4 is 41.5 Å². The van der Waals surface area contributed by atoms with Gasteiger partial charge >= 0.3 is 18.0 Å². The molecule has 0 saturated carbocycles. The summed E-state index contributed by atoms with van der Waals surface area (Å²) in [5, 5.41) is 7.10. The molecule has 2 aliphatic heterocycles. The third kappa shape index (κ3) is 8.54. The van der Waals surface area contributed by atoms with Gasteiger partial charge in [-0.15, -0.1) is 0 Å². The number of amides is 4. The number of ketones is 1. The van der Waals surface area contributed by atoms with Gasteiger partial charge in [-0.05, 0) is 65.0 Å².